The van der Waals surface area contributed by atoms with Crippen LogP contribution in [0.4, 0.5) is 0 Å². The molecule has 56 valence electrons. The van der Waals surface area contributed by atoms with Crippen LogP contribution >= 0.6 is 0 Å². The van der Waals surface area contributed by atoms with Crippen molar-refractivity contribution in [1.82, 2.24) is 0 Å². The molecule has 0 heterocycles. The van der Waals surface area contributed by atoms with Gasteiger partial charge in [-0.2, -0.15) is 0 Å². The van der Waals surface area contributed by atoms with Gasteiger partial charge in [-0.25, -0.2) is 0 Å². The van der Waals surface area contributed by atoms with Crippen molar-refractivity contribution in [3.8, 4) is 0 Å². The van der Waals surface area contributed by atoms with Gasteiger partial charge in [0.15, 0.2) is 0 Å². The lowest BCUT2D eigenvalue weighted by atomic mass is 10.2. The summed E-state index contributed by atoms with van der Waals surface area (Å²) in [6.07, 6.45) is 7.19. The van der Waals surface area contributed by atoms with Crippen molar-refractivity contribution in [2.24, 2.45) is 0 Å². The van der Waals surface area contributed by atoms with Gasteiger partial charge in [0, 0.05) is 0 Å². The highest BCUT2D eigenvalue weighted by atomic mass is 13.9. The maximum Gasteiger partial charge on any atom is -0.0308 e. The zero-order chi connectivity index (χ0) is 7.98. The lowest BCUT2D eigenvalue weighted by Crippen LogP contribution is -1.71. The van der Waals surface area contributed by atoms with Crippen LogP contribution in [0.3, 0.4) is 0 Å². The molecule has 0 unspecified atom stereocenters. The fourth-order valence-electron chi connectivity index (χ4n) is 0.604. The van der Waals surface area contributed by atoms with Crippen molar-refractivity contribution in [2.75, 3.05) is 0 Å². The van der Waals surface area contributed by atoms with E-state index in [1.54, 1.807) is 0 Å². The third-order valence-electron chi connectivity index (χ3n) is 1.30. The largest absolute Gasteiger partial charge is 0.0988 e. The summed E-state index contributed by atoms with van der Waals surface area (Å²) >= 11 is 0. The second-order valence-corrected chi connectivity index (χ2v) is 2.54. The third kappa shape index (κ3) is 4.13. The Morgan fingerprint density at radius 1 is 1.30 bits per heavy atom. The lowest BCUT2D eigenvalue weighted by molar-refractivity contribution is 1.15. The molecule has 0 rings (SSSR count). The summed E-state index contributed by atoms with van der Waals surface area (Å²) in [7, 11) is 0. The van der Waals surface area contributed by atoms with Crippen LogP contribution in [-0.4, -0.2) is 0 Å². The van der Waals surface area contributed by atoms with E-state index in [9.17, 15) is 0 Å². The van der Waals surface area contributed by atoms with Gasteiger partial charge in [-0.05, 0) is 25.8 Å². The second kappa shape index (κ2) is 5.04. The molecule has 0 aliphatic heterocycles. The molecule has 0 aromatic carbocycles. The first-order valence-electron chi connectivity index (χ1n) is 3.67. The van der Waals surface area contributed by atoms with E-state index in [1.165, 1.54) is 11.1 Å². The molecule has 0 N–H and O–H groups in total. The maximum atomic E-state index is 3.71. The van der Waals surface area contributed by atoms with E-state index < -0.39 is 0 Å². The first-order chi connectivity index (χ1) is 4.70. The number of hydrogen-bond acceptors (Lipinski definition) is 0. The topological polar surface area (TPSA) is 0 Å². The molecule has 0 heteroatoms. The Kier molecular flexibility index (Phi) is 4.65. The molecule has 0 radical (unpaired) electrons. The number of hydrogen-bond donors (Lipinski definition) is 0. The molecule has 10 heavy (non-hydrogen) atoms. The number of rotatable bonds is 3. The molecule has 0 aliphatic rings. The second-order valence-electron chi connectivity index (χ2n) is 2.54. The predicted molar refractivity (Wildman–Crippen MR) is 48.0 cm³/mol. The fraction of sp³-hybridized carbons (Fsp3) is 0.400. The van der Waals surface area contributed by atoms with Gasteiger partial charge in [-0.3, -0.25) is 0 Å². The molecule has 0 bridgehead atoms. The van der Waals surface area contributed by atoms with E-state index in [4.69, 9.17) is 0 Å². The first kappa shape index (κ1) is 9.22. The predicted octanol–water partition coefficient (Wildman–Crippen LogP) is 3.48. The van der Waals surface area contributed by atoms with Crippen molar-refractivity contribution in [3.63, 3.8) is 0 Å². The van der Waals surface area contributed by atoms with E-state index >= 15 is 0 Å². The summed E-state index contributed by atoms with van der Waals surface area (Å²) in [5.41, 5.74) is 2.62. The van der Waals surface area contributed by atoms with Crippen molar-refractivity contribution in [2.45, 2.75) is 27.2 Å². The van der Waals surface area contributed by atoms with Crippen LogP contribution in [0.25, 0.3) is 0 Å². The summed E-state index contributed by atoms with van der Waals surface area (Å²) in [6.45, 7) is 10.0. The Morgan fingerprint density at radius 3 is 2.20 bits per heavy atom. The third-order valence-corrected chi connectivity index (χ3v) is 1.30. The molecular formula is C10H16. The quantitative estimate of drug-likeness (QED) is 0.521. The van der Waals surface area contributed by atoms with Gasteiger partial charge in [0.05, 0.1) is 0 Å². The van der Waals surface area contributed by atoms with Gasteiger partial charge in [0.25, 0.3) is 0 Å². The minimum absolute atomic E-state index is 1.06. The normalized spacial score (nSPS) is 10.9. The number of allylic oxidation sites excluding steroid dienone is 5. The highest BCUT2D eigenvalue weighted by Crippen LogP contribution is 2.02. The van der Waals surface area contributed by atoms with Crippen LogP contribution in [0, 0.1) is 0 Å². The molecule has 0 nitrogen and oxygen atoms in total. The van der Waals surface area contributed by atoms with Gasteiger partial charge in [-0.15, -0.1) is 0 Å². The van der Waals surface area contributed by atoms with E-state index in [0.29, 0.717) is 0 Å². The summed E-state index contributed by atoms with van der Waals surface area (Å²) < 4.78 is 0. The van der Waals surface area contributed by atoms with Crippen molar-refractivity contribution < 1.29 is 0 Å². The van der Waals surface area contributed by atoms with Crippen LogP contribution in [-0.2, 0) is 0 Å². The first-order valence-corrected chi connectivity index (χ1v) is 3.67. The van der Waals surface area contributed by atoms with E-state index in [-0.39, 0.29) is 0 Å². The Labute approximate surface area is 64.0 Å². The summed E-state index contributed by atoms with van der Waals surface area (Å²) in [6, 6.07) is 0. The highest BCUT2D eigenvalue weighted by Gasteiger charge is 1.81. The van der Waals surface area contributed by atoms with Crippen LogP contribution in [0.2, 0.25) is 0 Å². The maximum absolute atomic E-state index is 3.71. The zero-order valence-corrected chi connectivity index (χ0v) is 7.15. The van der Waals surface area contributed by atoms with Crippen molar-refractivity contribution >= 4 is 0 Å². The molecule has 0 saturated heterocycles. The summed E-state index contributed by atoms with van der Waals surface area (Å²) in [4.78, 5) is 0. The molecule has 0 saturated carbocycles. The Balaban J connectivity index is 4.12. The zero-order valence-electron chi connectivity index (χ0n) is 7.15. The van der Waals surface area contributed by atoms with Crippen molar-refractivity contribution in [3.05, 3.63) is 36.0 Å². The van der Waals surface area contributed by atoms with Gasteiger partial charge < -0.3 is 0 Å². The minimum atomic E-state index is 1.06. The molecule has 0 aromatic heterocycles. The Bertz CT molecular complexity index is 155. The average Bonchev–Trinajstić information content (AvgIpc) is 1.90. The monoisotopic (exact) mass is 136 g/mol. The fourth-order valence-corrected chi connectivity index (χ4v) is 0.604. The molecule has 0 fully saturated rings. The smallest absolute Gasteiger partial charge is 0.0308 e. The molecule has 0 spiro atoms. The van der Waals surface area contributed by atoms with Gasteiger partial charge in [0.1, 0.15) is 0 Å². The van der Waals surface area contributed by atoms with Gasteiger partial charge in [-0.1, -0.05) is 37.3 Å². The van der Waals surface area contributed by atoms with Crippen LogP contribution in [0.15, 0.2) is 36.0 Å². The minimum Gasteiger partial charge on any atom is -0.0988 e. The molecule has 0 amide bonds. The van der Waals surface area contributed by atoms with Gasteiger partial charge >= 0.3 is 0 Å². The average molecular weight is 136 g/mol. The molecule has 0 atom stereocenters. The Hall–Kier alpha value is -0.780. The van der Waals surface area contributed by atoms with Crippen molar-refractivity contribution in [1.29, 1.82) is 0 Å². The molecule has 0 aromatic rings. The van der Waals surface area contributed by atoms with E-state index in [1.807, 2.05) is 6.08 Å². The lowest BCUT2D eigenvalue weighted by Gasteiger charge is -1.91. The SMILES string of the molecule is C=CC(=CC=C(C)C)CC. The van der Waals surface area contributed by atoms with Crippen LogP contribution in [0.5, 0.6) is 0 Å². The standard InChI is InChI=1S/C10H16/c1-5-10(6-2)8-7-9(3)4/h5,7-8H,1,6H2,2-4H3. The van der Waals surface area contributed by atoms with Gasteiger partial charge in [0.2, 0.25) is 0 Å². The van der Waals surface area contributed by atoms with E-state index in [0.717, 1.165) is 6.42 Å². The molecule has 0 aliphatic carbocycles. The highest BCUT2D eigenvalue weighted by molar-refractivity contribution is 5.23. The van der Waals surface area contributed by atoms with E-state index in [2.05, 4.69) is 39.5 Å². The Morgan fingerprint density at radius 2 is 1.90 bits per heavy atom. The molecular weight excluding hydrogens is 120 g/mol. The van der Waals surface area contributed by atoms with Crippen LogP contribution in [0.1, 0.15) is 27.2 Å². The summed E-state index contributed by atoms with van der Waals surface area (Å²) in [5, 5.41) is 0. The summed E-state index contributed by atoms with van der Waals surface area (Å²) in [5.74, 6) is 0. The van der Waals surface area contributed by atoms with Crippen LogP contribution < -0.4 is 0 Å².